The third kappa shape index (κ3) is 3.93. The highest BCUT2D eigenvalue weighted by atomic mass is 16.5. The number of benzene rings is 1. The predicted octanol–water partition coefficient (Wildman–Crippen LogP) is 1.40. The molecule has 5 nitrogen and oxygen atoms in total. The number of aromatic nitrogens is 2. The molecule has 0 radical (unpaired) electrons. The van der Waals surface area contributed by atoms with Gasteiger partial charge in [-0.15, -0.1) is 0 Å². The van der Waals surface area contributed by atoms with Gasteiger partial charge in [-0.25, -0.2) is 9.97 Å². The maximum atomic E-state index is 5.43. The molecule has 0 saturated heterocycles. The highest BCUT2D eigenvalue weighted by Crippen LogP contribution is 2.17. The van der Waals surface area contributed by atoms with Crippen molar-refractivity contribution in [2.24, 2.45) is 0 Å². The Morgan fingerprint density at radius 3 is 2.68 bits per heavy atom. The molecule has 2 aromatic rings. The van der Waals surface area contributed by atoms with Gasteiger partial charge in [0.25, 0.3) is 0 Å². The topological polar surface area (TPSA) is 73.1 Å². The van der Waals surface area contributed by atoms with Crippen LogP contribution in [0.25, 0.3) is 0 Å². The zero-order chi connectivity index (χ0) is 13.5. The summed E-state index contributed by atoms with van der Waals surface area (Å²) in [6, 6.07) is 8.04. The molecule has 0 aliphatic heterocycles. The molecule has 0 aliphatic carbocycles. The van der Waals surface area contributed by atoms with E-state index in [1.165, 1.54) is 5.56 Å². The molecule has 0 bridgehead atoms. The molecule has 0 aliphatic rings. The molecule has 5 heteroatoms. The van der Waals surface area contributed by atoms with Crippen molar-refractivity contribution in [3.63, 3.8) is 0 Å². The number of ether oxygens (including phenoxy) is 1. The first-order chi connectivity index (χ1) is 9.29. The van der Waals surface area contributed by atoms with Crippen LogP contribution in [0.15, 0.2) is 36.7 Å². The van der Waals surface area contributed by atoms with Crippen molar-refractivity contribution in [1.29, 1.82) is 0 Å². The summed E-state index contributed by atoms with van der Waals surface area (Å²) in [6.07, 6.45) is 4.39. The number of nitrogen functional groups attached to an aromatic ring is 1. The number of hydrogen-bond acceptors (Lipinski definition) is 5. The quantitative estimate of drug-likeness (QED) is 0.766. The fourth-order valence-corrected chi connectivity index (χ4v) is 1.82. The molecule has 3 N–H and O–H groups in total. The molecule has 0 saturated carbocycles. The molecule has 0 atom stereocenters. The minimum Gasteiger partial charge on any atom is -0.496 e. The molecular weight excluding hydrogens is 240 g/mol. The number of rotatable bonds is 6. The van der Waals surface area contributed by atoms with Gasteiger partial charge in [0.2, 0.25) is 5.95 Å². The van der Waals surface area contributed by atoms with Gasteiger partial charge < -0.3 is 15.8 Å². The SMILES string of the molecule is COc1ccccc1CCNCc1cnc(N)nc1. The molecule has 19 heavy (non-hydrogen) atoms. The van der Waals surface area contributed by atoms with E-state index in [0.717, 1.165) is 30.8 Å². The summed E-state index contributed by atoms with van der Waals surface area (Å²) >= 11 is 0. The van der Waals surface area contributed by atoms with E-state index in [-0.39, 0.29) is 0 Å². The summed E-state index contributed by atoms with van der Waals surface area (Å²) in [6.45, 7) is 1.60. The van der Waals surface area contributed by atoms with E-state index in [2.05, 4.69) is 21.4 Å². The van der Waals surface area contributed by atoms with E-state index in [0.29, 0.717) is 5.95 Å². The Kier molecular flexibility index (Phi) is 4.69. The molecule has 1 aromatic carbocycles. The third-order valence-electron chi connectivity index (χ3n) is 2.82. The molecule has 0 unspecified atom stereocenters. The van der Waals surface area contributed by atoms with Gasteiger partial charge in [-0.1, -0.05) is 18.2 Å². The molecule has 2 rings (SSSR count). The highest BCUT2D eigenvalue weighted by Gasteiger charge is 2.01. The zero-order valence-corrected chi connectivity index (χ0v) is 11.0. The van der Waals surface area contributed by atoms with Crippen LogP contribution in [0.2, 0.25) is 0 Å². The Labute approximate surface area is 112 Å². The van der Waals surface area contributed by atoms with Crippen LogP contribution in [-0.2, 0) is 13.0 Å². The lowest BCUT2D eigenvalue weighted by Gasteiger charge is -2.08. The summed E-state index contributed by atoms with van der Waals surface area (Å²) < 4.78 is 5.31. The fourth-order valence-electron chi connectivity index (χ4n) is 1.82. The van der Waals surface area contributed by atoms with E-state index in [1.54, 1.807) is 19.5 Å². The second-order valence-corrected chi connectivity index (χ2v) is 4.19. The van der Waals surface area contributed by atoms with E-state index in [1.807, 2.05) is 18.2 Å². The molecular formula is C14H18N4O. The monoisotopic (exact) mass is 258 g/mol. The number of nitrogens with two attached hydrogens (primary N) is 1. The Bertz CT molecular complexity index is 513. The van der Waals surface area contributed by atoms with Crippen LogP contribution < -0.4 is 15.8 Å². The molecule has 0 amide bonds. The average Bonchev–Trinajstić information content (AvgIpc) is 2.46. The lowest BCUT2D eigenvalue weighted by atomic mass is 10.1. The standard InChI is InChI=1S/C14H18N4O/c1-19-13-5-3-2-4-12(13)6-7-16-8-11-9-17-14(15)18-10-11/h2-5,9-10,16H,6-8H2,1H3,(H2,15,17,18). The Hall–Kier alpha value is -2.14. The van der Waals surface area contributed by atoms with Gasteiger partial charge >= 0.3 is 0 Å². The first kappa shape index (κ1) is 13.3. The van der Waals surface area contributed by atoms with Crippen molar-refractivity contribution in [2.45, 2.75) is 13.0 Å². The normalized spacial score (nSPS) is 10.4. The van der Waals surface area contributed by atoms with Crippen molar-refractivity contribution in [1.82, 2.24) is 15.3 Å². The molecule has 0 fully saturated rings. The summed E-state index contributed by atoms with van der Waals surface area (Å²) in [5.41, 5.74) is 7.66. The van der Waals surface area contributed by atoms with Crippen LogP contribution in [0.1, 0.15) is 11.1 Å². The number of para-hydroxylation sites is 1. The maximum absolute atomic E-state index is 5.43. The summed E-state index contributed by atoms with van der Waals surface area (Å²) in [7, 11) is 1.69. The summed E-state index contributed by atoms with van der Waals surface area (Å²) in [5.74, 6) is 1.23. The number of nitrogens with zero attached hydrogens (tertiary/aromatic N) is 2. The zero-order valence-electron chi connectivity index (χ0n) is 11.0. The molecule has 100 valence electrons. The van der Waals surface area contributed by atoms with Crippen LogP contribution in [0.5, 0.6) is 5.75 Å². The smallest absolute Gasteiger partial charge is 0.219 e. The van der Waals surface area contributed by atoms with Crippen molar-refractivity contribution in [3.8, 4) is 5.75 Å². The van der Waals surface area contributed by atoms with Gasteiger partial charge in [0, 0.05) is 24.5 Å². The lowest BCUT2D eigenvalue weighted by molar-refractivity contribution is 0.409. The second-order valence-electron chi connectivity index (χ2n) is 4.19. The highest BCUT2D eigenvalue weighted by molar-refractivity contribution is 5.33. The molecule has 1 heterocycles. The van der Waals surface area contributed by atoms with Crippen molar-refractivity contribution < 1.29 is 4.74 Å². The van der Waals surface area contributed by atoms with Gasteiger partial charge in [-0.2, -0.15) is 0 Å². The maximum Gasteiger partial charge on any atom is 0.219 e. The van der Waals surface area contributed by atoms with Crippen LogP contribution in [0.4, 0.5) is 5.95 Å². The van der Waals surface area contributed by atoms with Gasteiger partial charge in [0.05, 0.1) is 7.11 Å². The van der Waals surface area contributed by atoms with E-state index >= 15 is 0 Å². The fraction of sp³-hybridized carbons (Fsp3) is 0.286. The third-order valence-corrected chi connectivity index (χ3v) is 2.82. The minimum atomic E-state index is 0.303. The first-order valence-corrected chi connectivity index (χ1v) is 6.18. The van der Waals surface area contributed by atoms with Crippen LogP contribution in [0.3, 0.4) is 0 Å². The van der Waals surface area contributed by atoms with Crippen LogP contribution >= 0.6 is 0 Å². The van der Waals surface area contributed by atoms with E-state index in [4.69, 9.17) is 10.5 Å². The average molecular weight is 258 g/mol. The first-order valence-electron chi connectivity index (χ1n) is 6.18. The van der Waals surface area contributed by atoms with Gasteiger partial charge in [0.1, 0.15) is 5.75 Å². The van der Waals surface area contributed by atoms with Crippen molar-refractivity contribution in [3.05, 3.63) is 47.8 Å². The Morgan fingerprint density at radius 1 is 1.21 bits per heavy atom. The minimum absolute atomic E-state index is 0.303. The molecule has 1 aromatic heterocycles. The van der Waals surface area contributed by atoms with Crippen molar-refractivity contribution >= 4 is 5.95 Å². The largest absolute Gasteiger partial charge is 0.496 e. The number of anilines is 1. The summed E-state index contributed by atoms with van der Waals surface area (Å²) in [4.78, 5) is 7.90. The van der Waals surface area contributed by atoms with Gasteiger partial charge in [-0.3, -0.25) is 0 Å². The Morgan fingerprint density at radius 2 is 1.95 bits per heavy atom. The predicted molar refractivity (Wildman–Crippen MR) is 74.8 cm³/mol. The second kappa shape index (κ2) is 6.70. The number of nitrogens with one attached hydrogen (secondary N) is 1. The Balaban J connectivity index is 1.79. The molecule has 0 spiro atoms. The van der Waals surface area contributed by atoms with E-state index in [9.17, 15) is 0 Å². The van der Waals surface area contributed by atoms with E-state index < -0.39 is 0 Å². The number of methoxy groups -OCH3 is 1. The van der Waals surface area contributed by atoms with Crippen LogP contribution in [0, 0.1) is 0 Å². The van der Waals surface area contributed by atoms with Gasteiger partial charge in [-0.05, 0) is 24.6 Å². The van der Waals surface area contributed by atoms with Crippen molar-refractivity contribution in [2.75, 3.05) is 19.4 Å². The number of hydrogen-bond donors (Lipinski definition) is 2. The van der Waals surface area contributed by atoms with Gasteiger partial charge in [0.15, 0.2) is 0 Å². The van der Waals surface area contributed by atoms with Crippen LogP contribution in [-0.4, -0.2) is 23.6 Å². The summed E-state index contributed by atoms with van der Waals surface area (Å²) in [5, 5.41) is 3.34. The lowest BCUT2D eigenvalue weighted by Crippen LogP contribution is -2.17.